The van der Waals surface area contributed by atoms with Crippen molar-refractivity contribution in [1.82, 2.24) is 5.32 Å². The molecule has 3 nitrogen and oxygen atoms in total. The van der Waals surface area contributed by atoms with Gasteiger partial charge in [0.2, 0.25) is 0 Å². The summed E-state index contributed by atoms with van der Waals surface area (Å²) in [4.78, 5) is 5.03. The molecule has 1 N–H and O–H groups in total. The van der Waals surface area contributed by atoms with Crippen molar-refractivity contribution in [3.05, 3.63) is 24.3 Å². The molecule has 0 amide bonds. The number of piperazine rings is 1. The molecule has 20 heavy (non-hydrogen) atoms. The maximum absolute atomic E-state index is 3.61. The van der Waals surface area contributed by atoms with Gasteiger partial charge in [0.15, 0.2) is 0 Å². The molecule has 3 heteroatoms. The SMILES string of the molecule is CC1CNC(C)(C)CN1c1ccc(N2CCCC2)cc1. The zero-order valence-electron chi connectivity index (χ0n) is 13.0. The van der Waals surface area contributed by atoms with Crippen LogP contribution in [0.2, 0.25) is 0 Å². The molecule has 0 aromatic heterocycles. The summed E-state index contributed by atoms with van der Waals surface area (Å²) in [6.07, 6.45) is 2.68. The average Bonchev–Trinajstić information content (AvgIpc) is 2.96. The van der Waals surface area contributed by atoms with Gasteiger partial charge in [-0.3, -0.25) is 0 Å². The van der Waals surface area contributed by atoms with Gasteiger partial charge >= 0.3 is 0 Å². The van der Waals surface area contributed by atoms with Crippen LogP contribution in [0, 0.1) is 0 Å². The van der Waals surface area contributed by atoms with E-state index in [-0.39, 0.29) is 5.54 Å². The highest BCUT2D eigenvalue weighted by atomic mass is 15.2. The molecule has 1 unspecified atom stereocenters. The molecule has 3 rings (SSSR count). The fourth-order valence-corrected chi connectivity index (χ4v) is 3.35. The fourth-order valence-electron chi connectivity index (χ4n) is 3.35. The van der Waals surface area contributed by atoms with Gasteiger partial charge < -0.3 is 15.1 Å². The van der Waals surface area contributed by atoms with Gasteiger partial charge in [-0.2, -0.15) is 0 Å². The lowest BCUT2D eigenvalue weighted by Crippen LogP contribution is -2.61. The van der Waals surface area contributed by atoms with Crippen molar-refractivity contribution < 1.29 is 0 Å². The molecule has 2 heterocycles. The van der Waals surface area contributed by atoms with Crippen molar-refractivity contribution in [3.8, 4) is 0 Å². The first-order chi connectivity index (χ1) is 9.55. The van der Waals surface area contributed by atoms with Crippen LogP contribution in [0.1, 0.15) is 33.6 Å². The van der Waals surface area contributed by atoms with Crippen LogP contribution >= 0.6 is 0 Å². The lowest BCUT2D eigenvalue weighted by molar-refractivity contribution is 0.318. The minimum Gasteiger partial charge on any atom is -0.372 e. The highest BCUT2D eigenvalue weighted by Gasteiger charge is 2.30. The Labute approximate surface area is 123 Å². The van der Waals surface area contributed by atoms with Crippen LogP contribution in [0.25, 0.3) is 0 Å². The Kier molecular flexibility index (Phi) is 3.63. The van der Waals surface area contributed by atoms with Crippen molar-refractivity contribution in [2.45, 2.75) is 45.2 Å². The Bertz CT molecular complexity index is 446. The van der Waals surface area contributed by atoms with Gasteiger partial charge in [-0.25, -0.2) is 0 Å². The van der Waals surface area contributed by atoms with Gasteiger partial charge in [-0.05, 0) is 57.9 Å². The van der Waals surface area contributed by atoms with Crippen LogP contribution in [0.3, 0.4) is 0 Å². The Morgan fingerprint density at radius 3 is 2.30 bits per heavy atom. The zero-order chi connectivity index (χ0) is 14.2. The van der Waals surface area contributed by atoms with Crippen molar-refractivity contribution in [2.75, 3.05) is 36.0 Å². The van der Waals surface area contributed by atoms with Gasteiger partial charge in [0.25, 0.3) is 0 Å². The summed E-state index contributed by atoms with van der Waals surface area (Å²) in [5, 5.41) is 3.61. The molecule has 1 aromatic carbocycles. The van der Waals surface area contributed by atoms with Crippen LogP contribution in [0.15, 0.2) is 24.3 Å². The molecular formula is C17H27N3. The molecule has 0 radical (unpaired) electrons. The zero-order valence-corrected chi connectivity index (χ0v) is 13.0. The second-order valence-corrected chi connectivity index (χ2v) is 6.95. The third kappa shape index (κ3) is 2.78. The number of benzene rings is 1. The molecule has 0 spiro atoms. The van der Waals surface area contributed by atoms with Gasteiger partial charge in [-0.15, -0.1) is 0 Å². The molecule has 1 aromatic rings. The minimum absolute atomic E-state index is 0.195. The van der Waals surface area contributed by atoms with E-state index < -0.39 is 0 Å². The molecular weight excluding hydrogens is 246 g/mol. The third-order valence-corrected chi connectivity index (χ3v) is 4.63. The van der Waals surface area contributed by atoms with Crippen molar-refractivity contribution in [1.29, 1.82) is 0 Å². The quantitative estimate of drug-likeness (QED) is 0.894. The summed E-state index contributed by atoms with van der Waals surface area (Å²) in [7, 11) is 0. The van der Waals surface area contributed by atoms with Crippen LogP contribution < -0.4 is 15.1 Å². The lowest BCUT2D eigenvalue weighted by Gasteiger charge is -2.44. The summed E-state index contributed by atoms with van der Waals surface area (Å²) in [6, 6.07) is 9.74. The smallest absolute Gasteiger partial charge is 0.0387 e. The summed E-state index contributed by atoms with van der Waals surface area (Å²) in [5.41, 5.74) is 2.93. The minimum atomic E-state index is 0.195. The summed E-state index contributed by atoms with van der Waals surface area (Å²) >= 11 is 0. The van der Waals surface area contributed by atoms with E-state index in [1.165, 1.54) is 37.3 Å². The molecule has 2 saturated heterocycles. The van der Waals surface area contributed by atoms with Crippen molar-refractivity contribution in [2.24, 2.45) is 0 Å². The second-order valence-electron chi connectivity index (χ2n) is 6.95. The molecule has 1 atom stereocenters. The normalized spacial score (nSPS) is 26.1. The molecule has 0 aliphatic carbocycles. The van der Waals surface area contributed by atoms with E-state index in [0.29, 0.717) is 6.04 Å². The molecule has 0 saturated carbocycles. The first-order valence-electron chi connectivity index (χ1n) is 7.92. The van der Waals surface area contributed by atoms with E-state index in [9.17, 15) is 0 Å². The largest absolute Gasteiger partial charge is 0.372 e. The molecule has 2 fully saturated rings. The summed E-state index contributed by atoms with van der Waals surface area (Å²) in [5.74, 6) is 0. The highest BCUT2D eigenvalue weighted by molar-refractivity contribution is 5.57. The standard InChI is InChI=1S/C17H27N3/c1-14-12-18-17(2,3)13-20(14)16-8-6-15(7-9-16)19-10-4-5-11-19/h6-9,14,18H,4-5,10-13H2,1-3H3. The number of hydrogen-bond acceptors (Lipinski definition) is 3. The van der Waals surface area contributed by atoms with Gasteiger partial charge in [-0.1, -0.05) is 0 Å². The first kappa shape index (κ1) is 13.7. The number of anilines is 2. The van der Waals surface area contributed by atoms with E-state index in [0.717, 1.165) is 13.1 Å². The van der Waals surface area contributed by atoms with Gasteiger partial charge in [0.05, 0.1) is 0 Å². The van der Waals surface area contributed by atoms with Crippen LogP contribution in [0.4, 0.5) is 11.4 Å². The summed E-state index contributed by atoms with van der Waals surface area (Å²) < 4.78 is 0. The Morgan fingerprint density at radius 2 is 1.65 bits per heavy atom. The maximum atomic E-state index is 3.61. The number of rotatable bonds is 2. The Hall–Kier alpha value is -1.22. The Balaban J connectivity index is 1.76. The predicted octanol–water partition coefficient (Wildman–Crippen LogP) is 2.86. The van der Waals surface area contributed by atoms with Crippen molar-refractivity contribution in [3.63, 3.8) is 0 Å². The lowest BCUT2D eigenvalue weighted by atomic mass is 9.98. The second kappa shape index (κ2) is 5.28. The van der Waals surface area contributed by atoms with Crippen LogP contribution in [-0.4, -0.2) is 37.8 Å². The number of hydrogen-bond donors (Lipinski definition) is 1. The maximum Gasteiger partial charge on any atom is 0.0387 e. The van der Waals surface area contributed by atoms with E-state index in [1.54, 1.807) is 0 Å². The van der Waals surface area contributed by atoms with Crippen LogP contribution in [0.5, 0.6) is 0 Å². The Morgan fingerprint density at radius 1 is 1.05 bits per heavy atom. The fraction of sp³-hybridized carbons (Fsp3) is 0.647. The highest BCUT2D eigenvalue weighted by Crippen LogP contribution is 2.27. The topological polar surface area (TPSA) is 18.5 Å². The van der Waals surface area contributed by atoms with Crippen LogP contribution in [-0.2, 0) is 0 Å². The van der Waals surface area contributed by atoms with Crippen molar-refractivity contribution >= 4 is 11.4 Å². The molecule has 110 valence electrons. The van der Waals surface area contributed by atoms with E-state index >= 15 is 0 Å². The molecule has 2 aliphatic rings. The third-order valence-electron chi connectivity index (χ3n) is 4.63. The van der Waals surface area contributed by atoms with Gasteiger partial charge in [0, 0.05) is 49.1 Å². The average molecular weight is 273 g/mol. The summed E-state index contributed by atoms with van der Waals surface area (Å²) in [6.45, 7) is 11.4. The van der Waals surface area contributed by atoms with E-state index in [2.05, 4.69) is 60.2 Å². The van der Waals surface area contributed by atoms with Gasteiger partial charge in [0.1, 0.15) is 0 Å². The number of nitrogens with zero attached hydrogens (tertiary/aromatic N) is 2. The first-order valence-corrected chi connectivity index (χ1v) is 7.92. The monoisotopic (exact) mass is 273 g/mol. The van der Waals surface area contributed by atoms with E-state index in [4.69, 9.17) is 0 Å². The molecule has 2 aliphatic heterocycles. The predicted molar refractivity (Wildman–Crippen MR) is 86.8 cm³/mol. The van der Waals surface area contributed by atoms with E-state index in [1.807, 2.05) is 0 Å². The number of nitrogens with one attached hydrogen (secondary N) is 1. The molecule has 0 bridgehead atoms.